The number of rotatable bonds is 4. The highest BCUT2D eigenvalue weighted by Crippen LogP contribution is 2.24. The highest BCUT2D eigenvalue weighted by atomic mass is 35.5. The Kier molecular flexibility index (Phi) is 4.64. The van der Waals surface area contributed by atoms with Gasteiger partial charge in [0.1, 0.15) is 18.2 Å². The lowest BCUT2D eigenvalue weighted by atomic mass is 10.2. The van der Waals surface area contributed by atoms with Crippen LogP contribution in [0.15, 0.2) is 36.4 Å². The highest BCUT2D eigenvalue weighted by molar-refractivity contribution is 6.31. The van der Waals surface area contributed by atoms with Gasteiger partial charge in [0.25, 0.3) is 0 Å². The second-order valence-corrected chi connectivity index (χ2v) is 4.84. The summed E-state index contributed by atoms with van der Waals surface area (Å²) >= 11 is 11.6. The highest BCUT2D eigenvalue weighted by Gasteiger charge is 2.05. The summed E-state index contributed by atoms with van der Waals surface area (Å²) in [6, 6.07) is 9.72. The van der Waals surface area contributed by atoms with E-state index in [0.717, 1.165) is 11.1 Å². The van der Waals surface area contributed by atoms with Crippen molar-refractivity contribution in [2.24, 2.45) is 5.73 Å². The van der Waals surface area contributed by atoms with Gasteiger partial charge in [-0.3, -0.25) is 0 Å². The van der Waals surface area contributed by atoms with Gasteiger partial charge < -0.3 is 10.5 Å². The molecule has 2 aromatic carbocycles. The minimum absolute atomic E-state index is 0.0799. The summed E-state index contributed by atoms with van der Waals surface area (Å²) in [5, 5.41) is 0.689. The lowest BCUT2D eigenvalue weighted by Gasteiger charge is -2.11. The fraction of sp³-hybridized carbons (Fsp3) is 0.143. The van der Waals surface area contributed by atoms with E-state index in [0.29, 0.717) is 17.3 Å². The minimum Gasteiger partial charge on any atom is -0.489 e. The van der Waals surface area contributed by atoms with Crippen LogP contribution in [0.3, 0.4) is 0 Å². The van der Waals surface area contributed by atoms with Gasteiger partial charge in [0, 0.05) is 17.1 Å². The average Bonchev–Trinajstić information content (AvgIpc) is 2.41. The van der Waals surface area contributed by atoms with Gasteiger partial charge in [-0.2, -0.15) is 0 Å². The normalized spacial score (nSPS) is 10.5. The van der Waals surface area contributed by atoms with Gasteiger partial charge >= 0.3 is 0 Å². The number of hydrogen-bond donors (Lipinski definition) is 1. The molecule has 0 aromatic heterocycles. The van der Waals surface area contributed by atoms with Gasteiger partial charge in [0.05, 0.1) is 5.02 Å². The van der Waals surface area contributed by atoms with E-state index in [1.54, 1.807) is 24.3 Å². The molecule has 0 aliphatic heterocycles. The summed E-state index contributed by atoms with van der Waals surface area (Å²) in [6.45, 7) is 0.620. The van der Waals surface area contributed by atoms with Gasteiger partial charge in [-0.25, -0.2) is 4.39 Å². The molecule has 2 rings (SSSR count). The first-order valence-corrected chi connectivity index (χ1v) is 6.41. The van der Waals surface area contributed by atoms with E-state index in [1.165, 1.54) is 12.1 Å². The third-order valence-electron chi connectivity index (χ3n) is 2.62. The molecule has 0 amide bonds. The van der Waals surface area contributed by atoms with Crippen LogP contribution in [0.25, 0.3) is 0 Å². The van der Waals surface area contributed by atoms with Crippen molar-refractivity contribution >= 4 is 23.2 Å². The summed E-state index contributed by atoms with van der Waals surface area (Å²) in [5.74, 6) is 0.215. The molecule has 0 saturated carbocycles. The fourth-order valence-electron chi connectivity index (χ4n) is 1.64. The second-order valence-electron chi connectivity index (χ2n) is 3.99. The Hall–Kier alpha value is -1.29. The summed E-state index contributed by atoms with van der Waals surface area (Å²) in [6.07, 6.45) is 0. The largest absolute Gasteiger partial charge is 0.489 e. The molecular formula is C14H12Cl2FNO. The Balaban J connectivity index is 2.12. The maximum absolute atomic E-state index is 13.0. The maximum atomic E-state index is 13.0. The molecule has 0 bridgehead atoms. The van der Waals surface area contributed by atoms with Crippen molar-refractivity contribution < 1.29 is 9.13 Å². The van der Waals surface area contributed by atoms with Crippen LogP contribution in [-0.4, -0.2) is 0 Å². The van der Waals surface area contributed by atoms with Crippen molar-refractivity contribution in [3.63, 3.8) is 0 Å². The van der Waals surface area contributed by atoms with Gasteiger partial charge in [-0.05, 0) is 35.9 Å². The monoisotopic (exact) mass is 299 g/mol. The zero-order valence-electron chi connectivity index (χ0n) is 10.00. The smallest absolute Gasteiger partial charge is 0.141 e. The summed E-state index contributed by atoms with van der Waals surface area (Å²) in [5.41, 5.74) is 7.23. The third kappa shape index (κ3) is 3.60. The molecule has 0 saturated heterocycles. The van der Waals surface area contributed by atoms with Crippen LogP contribution in [0, 0.1) is 5.82 Å². The zero-order valence-corrected chi connectivity index (χ0v) is 11.5. The summed E-state index contributed by atoms with van der Waals surface area (Å²) in [7, 11) is 0. The molecule has 0 radical (unpaired) electrons. The Morgan fingerprint density at radius 1 is 1.11 bits per heavy atom. The van der Waals surface area contributed by atoms with Crippen LogP contribution in [0.1, 0.15) is 11.1 Å². The van der Waals surface area contributed by atoms with E-state index in [-0.39, 0.29) is 11.6 Å². The van der Waals surface area contributed by atoms with Crippen molar-refractivity contribution in [1.29, 1.82) is 0 Å². The SMILES string of the molecule is NCc1cc(Cl)ccc1OCc1ccc(F)c(Cl)c1. The molecule has 2 aromatic rings. The molecule has 0 aliphatic carbocycles. The zero-order chi connectivity index (χ0) is 13.8. The summed E-state index contributed by atoms with van der Waals surface area (Å²) < 4.78 is 18.7. The molecule has 19 heavy (non-hydrogen) atoms. The average molecular weight is 300 g/mol. The first-order valence-electron chi connectivity index (χ1n) is 5.65. The van der Waals surface area contributed by atoms with Crippen LogP contribution in [0.4, 0.5) is 4.39 Å². The second kappa shape index (κ2) is 6.24. The van der Waals surface area contributed by atoms with Crippen molar-refractivity contribution in [1.82, 2.24) is 0 Å². The van der Waals surface area contributed by atoms with Crippen LogP contribution in [0.2, 0.25) is 10.0 Å². The van der Waals surface area contributed by atoms with E-state index in [1.807, 2.05) is 0 Å². The standard InChI is InChI=1S/C14H12Cl2FNO/c15-11-2-4-14(10(6-11)7-18)19-8-9-1-3-13(17)12(16)5-9/h1-6H,7-8,18H2. The first-order chi connectivity index (χ1) is 9.10. The number of hydrogen-bond acceptors (Lipinski definition) is 2. The molecular weight excluding hydrogens is 288 g/mol. The maximum Gasteiger partial charge on any atom is 0.141 e. The minimum atomic E-state index is -0.445. The van der Waals surface area contributed by atoms with Crippen molar-refractivity contribution in [2.75, 3.05) is 0 Å². The van der Waals surface area contributed by atoms with E-state index in [2.05, 4.69) is 0 Å². The quantitative estimate of drug-likeness (QED) is 0.919. The van der Waals surface area contributed by atoms with Gasteiger partial charge in [-0.15, -0.1) is 0 Å². The number of halogens is 3. The Morgan fingerprint density at radius 3 is 2.58 bits per heavy atom. The third-order valence-corrected chi connectivity index (χ3v) is 3.15. The van der Waals surface area contributed by atoms with E-state index >= 15 is 0 Å². The molecule has 0 unspecified atom stereocenters. The molecule has 2 nitrogen and oxygen atoms in total. The predicted octanol–water partition coefficient (Wildman–Crippen LogP) is 4.17. The Morgan fingerprint density at radius 2 is 1.89 bits per heavy atom. The molecule has 0 fully saturated rings. The molecule has 0 spiro atoms. The lowest BCUT2D eigenvalue weighted by Crippen LogP contribution is -2.03. The topological polar surface area (TPSA) is 35.2 Å². The molecule has 2 N–H and O–H groups in total. The van der Waals surface area contributed by atoms with Crippen LogP contribution >= 0.6 is 23.2 Å². The van der Waals surface area contributed by atoms with Crippen molar-refractivity contribution in [3.8, 4) is 5.75 Å². The van der Waals surface area contributed by atoms with Crippen LogP contribution in [-0.2, 0) is 13.2 Å². The molecule has 0 atom stereocenters. The Labute approximate surface area is 120 Å². The molecule has 100 valence electrons. The van der Waals surface area contributed by atoms with Crippen molar-refractivity contribution in [2.45, 2.75) is 13.2 Å². The number of nitrogens with two attached hydrogens (primary N) is 1. The fourth-order valence-corrected chi connectivity index (χ4v) is 2.04. The van der Waals surface area contributed by atoms with Gasteiger partial charge in [-0.1, -0.05) is 29.3 Å². The van der Waals surface area contributed by atoms with E-state index in [9.17, 15) is 4.39 Å². The lowest BCUT2D eigenvalue weighted by molar-refractivity contribution is 0.303. The number of benzene rings is 2. The molecule has 5 heteroatoms. The van der Waals surface area contributed by atoms with Gasteiger partial charge in [0.15, 0.2) is 0 Å². The van der Waals surface area contributed by atoms with Crippen LogP contribution in [0.5, 0.6) is 5.75 Å². The first kappa shape index (κ1) is 14.1. The number of ether oxygens (including phenoxy) is 1. The van der Waals surface area contributed by atoms with Gasteiger partial charge in [0.2, 0.25) is 0 Å². The van der Waals surface area contributed by atoms with E-state index < -0.39 is 5.82 Å². The summed E-state index contributed by atoms with van der Waals surface area (Å²) in [4.78, 5) is 0. The molecule has 0 aliphatic rings. The van der Waals surface area contributed by atoms with Crippen LogP contribution < -0.4 is 10.5 Å². The predicted molar refractivity (Wildman–Crippen MR) is 75.1 cm³/mol. The van der Waals surface area contributed by atoms with Crippen molar-refractivity contribution in [3.05, 3.63) is 63.4 Å². The van der Waals surface area contributed by atoms with E-state index in [4.69, 9.17) is 33.7 Å². The Bertz CT molecular complexity index is 590. The molecule has 0 heterocycles.